The molecule has 0 bridgehead atoms. The van der Waals surface area contributed by atoms with Crippen LogP contribution < -0.4 is 16.4 Å². The van der Waals surface area contributed by atoms with Gasteiger partial charge in [-0.25, -0.2) is 0 Å². The van der Waals surface area contributed by atoms with E-state index in [1.54, 1.807) is 12.1 Å². The molecule has 4 heteroatoms. The second kappa shape index (κ2) is 3.86. The molecule has 1 heterocycles. The van der Waals surface area contributed by atoms with E-state index in [2.05, 4.69) is 10.6 Å². The first-order valence-corrected chi connectivity index (χ1v) is 4.80. The van der Waals surface area contributed by atoms with E-state index < -0.39 is 0 Å². The SMILES string of the molecule is Nc1ccc(O)c([C@@H]2CNCCN2)c1. The van der Waals surface area contributed by atoms with Crippen molar-refractivity contribution >= 4 is 5.69 Å². The lowest BCUT2D eigenvalue weighted by Crippen LogP contribution is -2.42. The summed E-state index contributed by atoms with van der Waals surface area (Å²) in [5.41, 5.74) is 7.23. The molecule has 5 N–H and O–H groups in total. The molecule has 4 nitrogen and oxygen atoms in total. The van der Waals surface area contributed by atoms with Crippen molar-refractivity contribution in [3.8, 4) is 5.75 Å². The highest BCUT2D eigenvalue weighted by atomic mass is 16.3. The largest absolute Gasteiger partial charge is 0.508 e. The lowest BCUT2D eigenvalue weighted by atomic mass is 10.0. The monoisotopic (exact) mass is 193 g/mol. The van der Waals surface area contributed by atoms with Crippen LogP contribution in [0.4, 0.5) is 5.69 Å². The van der Waals surface area contributed by atoms with Gasteiger partial charge in [0.25, 0.3) is 0 Å². The highest BCUT2D eigenvalue weighted by Crippen LogP contribution is 2.26. The van der Waals surface area contributed by atoms with E-state index >= 15 is 0 Å². The summed E-state index contributed by atoms with van der Waals surface area (Å²) in [4.78, 5) is 0. The molecule has 0 aliphatic carbocycles. The summed E-state index contributed by atoms with van der Waals surface area (Å²) < 4.78 is 0. The van der Waals surface area contributed by atoms with Crippen LogP contribution in [0.1, 0.15) is 11.6 Å². The quantitative estimate of drug-likeness (QED) is 0.380. The van der Waals surface area contributed by atoms with E-state index in [1.165, 1.54) is 0 Å². The van der Waals surface area contributed by atoms with Crippen molar-refractivity contribution in [1.29, 1.82) is 0 Å². The van der Waals surface area contributed by atoms with Crippen molar-refractivity contribution in [3.05, 3.63) is 23.8 Å². The van der Waals surface area contributed by atoms with Crippen LogP contribution >= 0.6 is 0 Å². The van der Waals surface area contributed by atoms with Crippen molar-refractivity contribution in [2.45, 2.75) is 6.04 Å². The smallest absolute Gasteiger partial charge is 0.120 e. The number of hydrogen-bond donors (Lipinski definition) is 4. The van der Waals surface area contributed by atoms with Gasteiger partial charge in [0.15, 0.2) is 0 Å². The molecule has 0 aromatic heterocycles. The van der Waals surface area contributed by atoms with Crippen LogP contribution in [0.25, 0.3) is 0 Å². The molecular weight excluding hydrogens is 178 g/mol. The summed E-state index contributed by atoms with van der Waals surface area (Å²) >= 11 is 0. The summed E-state index contributed by atoms with van der Waals surface area (Å²) in [5, 5.41) is 16.3. The maximum absolute atomic E-state index is 9.66. The zero-order valence-corrected chi connectivity index (χ0v) is 7.96. The molecule has 1 atom stereocenters. The van der Waals surface area contributed by atoms with Crippen LogP contribution in [0, 0.1) is 0 Å². The Labute approximate surface area is 83.1 Å². The molecule has 1 aliphatic rings. The third-order valence-electron chi connectivity index (χ3n) is 2.47. The Kier molecular flexibility index (Phi) is 2.56. The third kappa shape index (κ3) is 1.81. The van der Waals surface area contributed by atoms with Crippen LogP contribution in [0.5, 0.6) is 5.75 Å². The van der Waals surface area contributed by atoms with Crippen LogP contribution in [0.3, 0.4) is 0 Å². The Morgan fingerprint density at radius 3 is 2.93 bits per heavy atom. The van der Waals surface area contributed by atoms with Gasteiger partial charge in [-0.2, -0.15) is 0 Å². The van der Waals surface area contributed by atoms with Gasteiger partial charge >= 0.3 is 0 Å². The van der Waals surface area contributed by atoms with E-state index in [0.717, 1.165) is 25.2 Å². The Hall–Kier alpha value is -1.26. The average molecular weight is 193 g/mol. The number of nitrogens with two attached hydrogens (primary N) is 1. The van der Waals surface area contributed by atoms with Gasteiger partial charge in [-0.3, -0.25) is 0 Å². The fourth-order valence-corrected chi connectivity index (χ4v) is 1.73. The van der Waals surface area contributed by atoms with Crippen molar-refractivity contribution < 1.29 is 5.11 Å². The number of nitrogen functional groups attached to an aromatic ring is 1. The summed E-state index contributed by atoms with van der Waals surface area (Å²) in [5.74, 6) is 0.306. The molecule has 0 amide bonds. The summed E-state index contributed by atoms with van der Waals surface area (Å²) in [6, 6.07) is 5.32. The predicted octanol–water partition coefficient (Wildman–Crippen LogP) is 0.208. The van der Waals surface area contributed by atoms with E-state index in [4.69, 9.17) is 5.73 Å². The summed E-state index contributed by atoms with van der Waals surface area (Å²) in [6.45, 7) is 2.72. The second-order valence-electron chi connectivity index (χ2n) is 3.53. The van der Waals surface area contributed by atoms with Gasteiger partial charge in [-0.05, 0) is 18.2 Å². The Morgan fingerprint density at radius 1 is 1.36 bits per heavy atom. The van der Waals surface area contributed by atoms with Gasteiger partial charge in [-0.15, -0.1) is 0 Å². The Balaban J connectivity index is 2.24. The summed E-state index contributed by atoms with van der Waals surface area (Å²) in [6.07, 6.45) is 0. The molecule has 0 unspecified atom stereocenters. The molecule has 76 valence electrons. The number of aromatic hydroxyl groups is 1. The number of phenols is 1. The average Bonchev–Trinajstić information content (AvgIpc) is 2.23. The Bertz CT molecular complexity index is 321. The number of anilines is 1. The van der Waals surface area contributed by atoms with Crippen LogP contribution in [-0.4, -0.2) is 24.7 Å². The molecule has 0 saturated carbocycles. The van der Waals surface area contributed by atoms with E-state index in [1.807, 2.05) is 6.07 Å². The number of nitrogens with one attached hydrogen (secondary N) is 2. The Morgan fingerprint density at radius 2 is 2.21 bits per heavy atom. The van der Waals surface area contributed by atoms with Crippen LogP contribution in [-0.2, 0) is 0 Å². The number of piperazine rings is 1. The minimum atomic E-state index is 0.159. The normalized spacial score (nSPS) is 22.1. The standard InChI is InChI=1S/C10H15N3O/c11-7-1-2-10(14)8(5-7)9-6-12-3-4-13-9/h1-2,5,9,12-14H,3-4,6,11H2/t9-/m0/s1. The fraction of sp³-hybridized carbons (Fsp3) is 0.400. The minimum absolute atomic E-state index is 0.159. The molecule has 1 fully saturated rings. The molecule has 1 aromatic rings. The van der Waals surface area contributed by atoms with Crippen molar-refractivity contribution in [2.75, 3.05) is 25.4 Å². The van der Waals surface area contributed by atoms with Gasteiger partial charge in [0, 0.05) is 36.9 Å². The molecule has 2 rings (SSSR count). The number of phenolic OH excluding ortho intramolecular Hbond substituents is 1. The maximum Gasteiger partial charge on any atom is 0.120 e. The van der Waals surface area contributed by atoms with Gasteiger partial charge in [-0.1, -0.05) is 0 Å². The lowest BCUT2D eigenvalue weighted by molar-refractivity contribution is 0.404. The van der Waals surface area contributed by atoms with Crippen molar-refractivity contribution in [1.82, 2.24) is 10.6 Å². The molecule has 0 radical (unpaired) electrons. The van der Waals surface area contributed by atoms with E-state index in [0.29, 0.717) is 11.4 Å². The molecule has 1 saturated heterocycles. The molecule has 1 aromatic carbocycles. The molecular formula is C10H15N3O. The number of benzene rings is 1. The highest BCUT2D eigenvalue weighted by molar-refractivity contribution is 5.48. The molecule has 14 heavy (non-hydrogen) atoms. The second-order valence-corrected chi connectivity index (χ2v) is 3.53. The first kappa shape index (κ1) is 9.30. The topological polar surface area (TPSA) is 70.3 Å². The molecule has 1 aliphatic heterocycles. The number of hydrogen-bond acceptors (Lipinski definition) is 4. The van der Waals surface area contributed by atoms with Crippen LogP contribution in [0.15, 0.2) is 18.2 Å². The highest BCUT2D eigenvalue weighted by Gasteiger charge is 2.17. The predicted molar refractivity (Wildman–Crippen MR) is 56.1 cm³/mol. The van der Waals surface area contributed by atoms with Gasteiger partial charge in [0.05, 0.1) is 0 Å². The zero-order valence-electron chi connectivity index (χ0n) is 7.96. The first-order valence-electron chi connectivity index (χ1n) is 4.80. The molecule has 0 spiro atoms. The zero-order chi connectivity index (χ0) is 9.97. The van der Waals surface area contributed by atoms with Crippen LogP contribution in [0.2, 0.25) is 0 Å². The minimum Gasteiger partial charge on any atom is -0.508 e. The van der Waals surface area contributed by atoms with Gasteiger partial charge in [0.1, 0.15) is 5.75 Å². The fourth-order valence-electron chi connectivity index (χ4n) is 1.73. The third-order valence-corrected chi connectivity index (χ3v) is 2.47. The summed E-state index contributed by atoms with van der Waals surface area (Å²) in [7, 11) is 0. The van der Waals surface area contributed by atoms with Gasteiger partial charge in [0.2, 0.25) is 0 Å². The van der Waals surface area contributed by atoms with E-state index in [-0.39, 0.29) is 6.04 Å². The van der Waals surface area contributed by atoms with Gasteiger partial charge < -0.3 is 21.5 Å². The van der Waals surface area contributed by atoms with E-state index in [9.17, 15) is 5.11 Å². The maximum atomic E-state index is 9.66. The lowest BCUT2D eigenvalue weighted by Gasteiger charge is -2.25. The first-order chi connectivity index (χ1) is 6.77. The number of rotatable bonds is 1. The van der Waals surface area contributed by atoms with Crippen molar-refractivity contribution in [2.24, 2.45) is 0 Å². The van der Waals surface area contributed by atoms with Crippen molar-refractivity contribution in [3.63, 3.8) is 0 Å².